The molecular weight excluding hydrogens is 196 g/mol. The molecule has 0 amide bonds. The van der Waals surface area contributed by atoms with Crippen LogP contribution in [-0.2, 0) is 0 Å². The van der Waals surface area contributed by atoms with Gasteiger partial charge in [-0.25, -0.2) is 5.01 Å². The van der Waals surface area contributed by atoms with E-state index in [1.54, 1.807) is 11.2 Å². The summed E-state index contributed by atoms with van der Waals surface area (Å²) in [4.78, 5) is 12.4. The average Bonchev–Trinajstić information content (AvgIpc) is 2.45. The van der Waals surface area contributed by atoms with Crippen LogP contribution in [0.5, 0.6) is 0 Å². The van der Waals surface area contributed by atoms with E-state index in [1.165, 1.54) is 5.01 Å². The molecule has 1 rings (SSSR count). The molecule has 0 N–H and O–H groups in total. The molecule has 0 fully saturated rings. The van der Waals surface area contributed by atoms with Gasteiger partial charge in [-0.1, -0.05) is 0 Å². The number of hydrogen-bond acceptors (Lipinski definition) is 5. The lowest BCUT2D eigenvalue weighted by Gasteiger charge is -2.34. The van der Waals surface area contributed by atoms with Crippen molar-refractivity contribution in [2.45, 2.75) is 52.5 Å². The molecule has 0 saturated carbocycles. The Labute approximate surface area is 89.7 Å². The van der Waals surface area contributed by atoms with Crippen LogP contribution in [0.4, 0.5) is 0 Å². The Morgan fingerprint density at radius 2 is 2.00 bits per heavy atom. The van der Waals surface area contributed by atoms with Crippen LogP contribution in [-0.4, -0.2) is 39.0 Å². The second-order valence-electron chi connectivity index (χ2n) is 4.91. The van der Waals surface area contributed by atoms with E-state index in [2.05, 4.69) is 5.10 Å². The zero-order valence-corrected chi connectivity index (χ0v) is 9.84. The van der Waals surface area contributed by atoms with Gasteiger partial charge in [0, 0.05) is 5.54 Å². The van der Waals surface area contributed by atoms with Crippen molar-refractivity contribution in [2.75, 3.05) is 0 Å². The Hall–Kier alpha value is -1.33. The van der Waals surface area contributed by atoms with Crippen molar-refractivity contribution >= 4 is 6.34 Å². The van der Waals surface area contributed by atoms with Gasteiger partial charge in [0.05, 0.1) is 11.0 Å². The van der Waals surface area contributed by atoms with E-state index in [9.17, 15) is 10.1 Å². The molecule has 86 valence electrons. The van der Waals surface area contributed by atoms with E-state index >= 15 is 0 Å². The van der Waals surface area contributed by atoms with Crippen LogP contribution in [0.3, 0.4) is 0 Å². The van der Waals surface area contributed by atoms with Gasteiger partial charge < -0.3 is 0 Å². The van der Waals surface area contributed by atoms with Crippen LogP contribution >= 0.6 is 0 Å². The molecule has 0 aliphatic carbocycles. The third kappa shape index (κ3) is 2.19. The molecule has 0 aromatic rings. The van der Waals surface area contributed by atoms with Crippen molar-refractivity contribution in [3.05, 3.63) is 10.1 Å². The highest BCUT2D eigenvalue weighted by Crippen LogP contribution is 2.24. The lowest BCUT2D eigenvalue weighted by molar-refractivity contribution is -0.576. The Balaban J connectivity index is 2.95. The molecular formula is C9H18N4O2. The highest BCUT2D eigenvalue weighted by molar-refractivity contribution is 5.58. The second kappa shape index (κ2) is 3.67. The van der Waals surface area contributed by atoms with Gasteiger partial charge in [-0.15, -0.1) is 0 Å². The van der Waals surface area contributed by atoms with Gasteiger partial charge >= 0.3 is 6.29 Å². The zero-order valence-electron chi connectivity index (χ0n) is 9.84. The monoisotopic (exact) mass is 214 g/mol. The summed E-state index contributed by atoms with van der Waals surface area (Å²) in [5.41, 5.74) is -0.301. The van der Waals surface area contributed by atoms with Crippen LogP contribution in [0.25, 0.3) is 0 Å². The Morgan fingerprint density at radius 1 is 1.47 bits per heavy atom. The molecule has 0 radical (unpaired) electrons. The Kier molecular flexibility index (Phi) is 2.88. The molecule has 0 aromatic carbocycles. The van der Waals surface area contributed by atoms with Crippen LogP contribution in [0, 0.1) is 10.1 Å². The average molecular weight is 214 g/mol. The zero-order chi connectivity index (χ0) is 11.8. The van der Waals surface area contributed by atoms with Crippen molar-refractivity contribution in [1.82, 2.24) is 9.91 Å². The molecule has 1 unspecified atom stereocenters. The van der Waals surface area contributed by atoms with E-state index in [0.29, 0.717) is 0 Å². The molecule has 0 spiro atoms. The maximum atomic E-state index is 11.0. The van der Waals surface area contributed by atoms with Gasteiger partial charge in [-0.2, -0.15) is 5.10 Å². The molecule has 0 aromatic heterocycles. The molecule has 1 aliphatic heterocycles. The summed E-state index contributed by atoms with van der Waals surface area (Å²) in [7, 11) is 0. The minimum Gasteiger partial charge on any atom is -0.274 e. The second-order valence-corrected chi connectivity index (χ2v) is 4.91. The fourth-order valence-corrected chi connectivity index (χ4v) is 1.48. The summed E-state index contributed by atoms with van der Waals surface area (Å²) in [5, 5.41) is 16.6. The highest BCUT2D eigenvalue weighted by atomic mass is 16.6. The lowest BCUT2D eigenvalue weighted by atomic mass is 10.1. The maximum Gasteiger partial charge on any atom is 0.384 e. The number of hydrazone groups is 1. The van der Waals surface area contributed by atoms with Gasteiger partial charge in [0.15, 0.2) is 0 Å². The topological polar surface area (TPSA) is 62.0 Å². The van der Waals surface area contributed by atoms with E-state index in [0.717, 1.165) is 0 Å². The number of nitro groups is 1. The maximum absolute atomic E-state index is 11.0. The largest absolute Gasteiger partial charge is 0.384 e. The van der Waals surface area contributed by atoms with Crippen LogP contribution < -0.4 is 0 Å². The normalized spacial score (nSPS) is 21.6. The van der Waals surface area contributed by atoms with Crippen LogP contribution in [0.1, 0.15) is 34.6 Å². The smallest absolute Gasteiger partial charge is 0.274 e. The van der Waals surface area contributed by atoms with Crippen molar-refractivity contribution in [3.8, 4) is 0 Å². The predicted octanol–water partition coefficient (Wildman–Crippen LogP) is 1.31. The Morgan fingerprint density at radius 3 is 2.33 bits per heavy atom. The molecule has 1 heterocycles. The third-order valence-corrected chi connectivity index (χ3v) is 2.29. The minimum atomic E-state index is -0.884. The lowest BCUT2D eigenvalue weighted by Crippen LogP contribution is -2.54. The summed E-state index contributed by atoms with van der Waals surface area (Å²) in [6.45, 7) is 9.57. The van der Waals surface area contributed by atoms with Gasteiger partial charge in [-0.3, -0.25) is 15.0 Å². The van der Waals surface area contributed by atoms with Crippen molar-refractivity contribution < 1.29 is 4.92 Å². The summed E-state index contributed by atoms with van der Waals surface area (Å²) in [6.07, 6.45) is 0.665. The van der Waals surface area contributed by atoms with Crippen molar-refractivity contribution in [1.29, 1.82) is 0 Å². The highest BCUT2D eigenvalue weighted by Gasteiger charge is 2.44. The minimum absolute atomic E-state index is 0.0176. The third-order valence-electron chi connectivity index (χ3n) is 2.29. The van der Waals surface area contributed by atoms with Gasteiger partial charge in [0.2, 0.25) is 0 Å². The van der Waals surface area contributed by atoms with Gasteiger partial charge in [0.1, 0.15) is 6.34 Å². The van der Waals surface area contributed by atoms with E-state index in [1.807, 2.05) is 34.6 Å². The summed E-state index contributed by atoms with van der Waals surface area (Å²) in [5.74, 6) is 0. The number of nitrogens with zero attached hydrogens (tertiary/aromatic N) is 4. The van der Waals surface area contributed by atoms with Gasteiger partial charge in [0.25, 0.3) is 0 Å². The first-order chi connectivity index (χ1) is 6.75. The van der Waals surface area contributed by atoms with E-state index < -0.39 is 6.29 Å². The fraction of sp³-hybridized carbons (Fsp3) is 0.889. The fourth-order valence-electron chi connectivity index (χ4n) is 1.48. The molecule has 6 heteroatoms. The van der Waals surface area contributed by atoms with Crippen LogP contribution in [0.15, 0.2) is 5.10 Å². The standard InChI is InChI=1S/C9H18N4O2/c1-7(2)12-8(13(14)15)11(6-10-12)9(3,4)5/h6-8H,1-5H3. The number of hydrogen-bond donors (Lipinski definition) is 0. The first-order valence-electron chi connectivity index (χ1n) is 4.99. The SMILES string of the molecule is CC(C)N1N=CN(C(C)(C)C)C1[N+](=O)[O-]. The van der Waals surface area contributed by atoms with E-state index in [4.69, 9.17) is 0 Å². The number of rotatable bonds is 2. The molecule has 0 bridgehead atoms. The predicted molar refractivity (Wildman–Crippen MR) is 57.8 cm³/mol. The first kappa shape index (κ1) is 11.7. The molecule has 0 saturated heterocycles. The quantitative estimate of drug-likeness (QED) is 0.513. The van der Waals surface area contributed by atoms with E-state index in [-0.39, 0.29) is 16.5 Å². The summed E-state index contributed by atoms with van der Waals surface area (Å²) < 4.78 is 0. The molecule has 15 heavy (non-hydrogen) atoms. The summed E-state index contributed by atoms with van der Waals surface area (Å²) in [6, 6.07) is 0.0176. The first-order valence-corrected chi connectivity index (χ1v) is 4.99. The van der Waals surface area contributed by atoms with Crippen LogP contribution in [0.2, 0.25) is 0 Å². The molecule has 1 aliphatic rings. The van der Waals surface area contributed by atoms with Gasteiger partial charge in [-0.05, 0) is 34.6 Å². The molecule has 6 nitrogen and oxygen atoms in total. The van der Waals surface area contributed by atoms with Crippen molar-refractivity contribution in [3.63, 3.8) is 0 Å². The Bertz CT molecular complexity index is 282. The molecule has 1 atom stereocenters. The van der Waals surface area contributed by atoms with Crippen molar-refractivity contribution in [2.24, 2.45) is 5.10 Å². The summed E-state index contributed by atoms with van der Waals surface area (Å²) >= 11 is 0.